The average molecular weight is 249 g/mol. The molecule has 0 aliphatic carbocycles. The lowest BCUT2D eigenvalue weighted by Crippen LogP contribution is -2.54. The topological polar surface area (TPSA) is 39.1 Å². The highest BCUT2D eigenvalue weighted by Crippen LogP contribution is 2.32. The number of nitrogens with one attached hydrogen (secondary N) is 1. The van der Waals surface area contributed by atoms with Crippen LogP contribution >= 0.6 is 0 Å². The number of hydrogen-bond donors (Lipinski definition) is 1. The molecule has 3 nitrogen and oxygen atoms in total. The molecule has 3 heteroatoms. The summed E-state index contributed by atoms with van der Waals surface area (Å²) in [6.45, 7) is 5.03. The number of rotatable bonds is 4. The fourth-order valence-electron chi connectivity index (χ4n) is 3.43. The molecule has 2 heterocycles. The number of nitriles is 1. The van der Waals surface area contributed by atoms with Gasteiger partial charge in [-0.25, -0.2) is 0 Å². The first-order valence-corrected chi connectivity index (χ1v) is 7.38. The van der Waals surface area contributed by atoms with Crippen molar-refractivity contribution >= 4 is 0 Å². The third-order valence-electron chi connectivity index (χ3n) is 4.83. The lowest BCUT2D eigenvalue weighted by molar-refractivity contribution is 0.0482. The average Bonchev–Trinajstić information content (AvgIpc) is 2.30. The predicted octanol–water partition coefficient (Wildman–Crippen LogP) is 2.53. The molecule has 2 atom stereocenters. The Kier molecular flexibility index (Phi) is 4.29. The SMILES string of the molecule is CN1C2CCCC1CC(NCCC(C)(C)C#N)C2. The summed E-state index contributed by atoms with van der Waals surface area (Å²) in [4.78, 5) is 2.60. The van der Waals surface area contributed by atoms with Gasteiger partial charge in [0.2, 0.25) is 0 Å². The van der Waals surface area contributed by atoms with Crippen molar-refractivity contribution in [2.45, 2.75) is 70.5 Å². The van der Waals surface area contributed by atoms with E-state index in [4.69, 9.17) is 5.26 Å². The van der Waals surface area contributed by atoms with Crippen LogP contribution in [0.1, 0.15) is 52.4 Å². The van der Waals surface area contributed by atoms with Crippen LogP contribution in [0, 0.1) is 16.7 Å². The minimum Gasteiger partial charge on any atom is -0.314 e. The standard InChI is InChI=1S/C15H27N3/c1-15(2,11-16)7-8-17-12-9-13-5-4-6-14(10-12)18(13)3/h12-14,17H,4-10H2,1-3H3. The summed E-state index contributed by atoms with van der Waals surface area (Å²) in [5, 5.41) is 12.7. The van der Waals surface area contributed by atoms with Crippen LogP contribution < -0.4 is 5.32 Å². The van der Waals surface area contributed by atoms with E-state index in [-0.39, 0.29) is 5.41 Å². The van der Waals surface area contributed by atoms with Crippen molar-refractivity contribution in [3.8, 4) is 6.07 Å². The van der Waals surface area contributed by atoms with Crippen molar-refractivity contribution < 1.29 is 0 Å². The minimum atomic E-state index is -0.186. The fourth-order valence-corrected chi connectivity index (χ4v) is 3.43. The molecule has 2 bridgehead atoms. The highest BCUT2D eigenvalue weighted by Gasteiger charge is 2.35. The normalized spacial score (nSPS) is 33.1. The highest BCUT2D eigenvalue weighted by atomic mass is 15.2. The van der Waals surface area contributed by atoms with Crippen LogP contribution in [0.3, 0.4) is 0 Å². The van der Waals surface area contributed by atoms with E-state index < -0.39 is 0 Å². The maximum absolute atomic E-state index is 9.01. The molecule has 0 aromatic heterocycles. The second-order valence-electron chi connectivity index (χ2n) is 6.77. The molecule has 18 heavy (non-hydrogen) atoms. The van der Waals surface area contributed by atoms with Crippen LogP contribution in [-0.4, -0.2) is 36.6 Å². The van der Waals surface area contributed by atoms with Gasteiger partial charge in [-0.15, -0.1) is 0 Å². The molecule has 2 aliphatic heterocycles. The Bertz CT molecular complexity index is 304. The van der Waals surface area contributed by atoms with Crippen molar-refractivity contribution in [3.63, 3.8) is 0 Å². The fraction of sp³-hybridized carbons (Fsp3) is 0.933. The van der Waals surface area contributed by atoms with E-state index in [2.05, 4.69) is 23.3 Å². The van der Waals surface area contributed by atoms with Crippen molar-refractivity contribution in [1.29, 1.82) is 5.26 Å². The van der Waals surface area contributed by atoms with Crippen molar-refractivity contribution in [2.24, 2.45) is 5.41 Å². The molecule has 0 amide bonds. The van der Waals surface area contributed by atoms with Crippen LogP contribution in [0.4, 0.5) is 0 Å². The number of fused-ring (bicyclic) bond motifs is 2. The van der Waals surface area contributed by atoms with Gasteiger partial charge in [0.05, 0.1) is 11.5 Å². The molecule has 0 spiro atoms. The molecule has 0 aromatic rings. The quantitative estimate of drug-likeness (QED) is 0.832. The van der Waals surface area contributed by atoms with E-state index in [1.54, 1.807) is 0 Å². The third-order valence-corrected chi connectivity index (χ3v) is 4.83. The molecule has 2 saturated heterocycles. The summed E-state index contributed by atoms with van der Waals surface area (Å²) in [5.41, 5.74) is -0.186. The second kappa shape index (κ2) is 5.59. The number of piperidine rings is 2. The lowest BCUT2D eigenvalue weighted by Gasteiger charge is -2.47. The van der Waals surface area contributed by atoms with E-state index in [1.807, 2.05) is 13.8 Å². The van der Waals surface area contributed by atoms with E-state index in [0.717, 1.165) is 25.0 Å². The van der Waals surface area contributed by atoms with Gasteiger partial charge in [0.15, 0.2) is 0 Å². The minimum absolute atomic E-state index is 0.186. The van der Waals surface area contributed by atoms with Gasteiger partial charge in [-0.3, -0.25) is 0 Å². The molecule has 0 radical (unpaired) electrons. The summed E-state index contributed by atoms with van der Waals surface area (Å²) in [6.07, 6.45) is 7.68. The van der Waals surface area contributed by atoms with Gasteiger partial charge in [0.1, 0.15) is 0 Å². The molecule has 2 aliphatic rings. The van der Waals surface area contributed by atoms with Gasteiger partial charge >= 0.3 is 0 Å². The molecule has 1 N–H and O–H groups in total. The summed E-state index contributed by atoms with van der Waals surface area (Å²) in [6, 6.07) is 4.63. The van der Waals surface area contributed by atoms with Gasteiger partial charge in [0.25, 0.3) is 0 Å². The second-order valence-corrected chi connectivity index (χ2v) is 6.77. The molecule has 2 rings (SSSR count). The summed E-state index contributed by atoms with van der Waals surface area (Å²) >= 11 is 0. The largest absolute Gasteiger partial charge is 0.314 e. The Morgan fingerprint density at radius 3 is 2.44 bits per heavy atom. The van der Waals surface area contributed by atoms with Crippen molar-refractivity contribution in [2.75, 3.05) is 13.6 Å². The zero-order valence-electron chi connectivity index (χ0n) is 12.1. The van der Waals surface area contributed by atoms with E-state index in [9.17, 15) is 0 Å². The first-order valence-electron chi connectivity index (χ1n) is 7.38. The Labute approximate surface area is 112 Å². The zero-order chi connectivity index (χ0) is 13.2. The molecular formula is C15H27N3. The van der Waals surface area contributed by atoms with Crippen LogP contribution in [0.15, 0.2) is 0 Å². The van der Waals surface area contributed by atoms with E-state index in [0.29, 0.717) is 6.04 Å². The van der Waals surface area contributed by atoms with Crippen LogP contribution in [0.5, 0.6) is 0 Å². The molecular weight excluding hydrogens is 222 g/mol. The van der Waals surface area contributed by atoms with Crippen LogP contribution in [-0.2, 0) is 0 Å². The molecule has 102 valence electrons. The summed E-state index contributed by atoms with van der Waals surface area (Å²) in [7, 11) is 2.30. The molecule has 2 fully saturated rings. The zero-order valence-corrected chi connectivity index (χ0v) is 12.1. The predicted molar refractivity (Wildman–Crippen MR) is 74.2 cm³/mol. The van der Waals surface area contributed by atoms with Gasteiger partial charge in [0, 0.05) is 18.1 Å². The van der Waals surface area contributed by atoms with Crippen LogP contribution in [0.25, 0.3) is 0 Å². The Morgan fingerprint density at radius 2 is 1.89 bits per heavy atom. The van der Waals surface area contributed by atoms with Gasteiger partial charge in [-0.05, 0) is 59.5 Å². The Balaban J connectivity index is 1.77. The van der Waals surface area contributed by atoms with Crippen molar-refractivity contribution in [3.05, 3.63) is 0 Å². The Hall–Kier alpha value is -0.590. The number of nitrogens with zero attached hydrogens (tertiary/aromatic N) is 2. The van der Waals surface area contributed by atoms with Crippen molar-refractivity contribution in [1.82, 2.24) is 10.2 Å². The number of hydrogen-bond acceptors (Lipinski definition) is 3. The van der Waals surface area contributed by atoms with E-state index >= 15 is 0 Å². The van der Waals surface area contributed by atoms with Gasteiger partial charge in [-0.1, -0.05) is 6.42 Å². The lowest BCUT2D eigenvalue weighted by atomic mass is 9.82. The maximum Gasteiger partial charge on any atom is 0.0684 e. The van der Waals surface area contributed by atoms with Crippen LogP contribution in [0.2, 0.25) is 0 Å². The maximum atomic E-state index is 9.01. The van der Waals surface area contributed by atoms with Gasteiger partial charge < -0.3 is 10.2 Å². The third kappa shape index (κ3) is 3.24. The smallest absolute Gasteiger partial charge is 0.0684 e. The first-order chi connectivity index (χ1) is 8.52. The molecule has 2 unspecified atom stereocenters. The highest BCUT2D eigenvalue weighted by molar-refractivity contribution is 4.95. The molecule has 0 aromatic carbocycles. The summed E-state index contributed by atoms with van der Waals surface area (Å²) < 4.78 is 0. The van der Waals surface area contributed by atoms with E-state index in [1.165, 1.54) is 32.1 Å². The van der Waals surface area contributed by atoms with Gasteiger partial charge in [-0.2, -0.15) is 5.26 Å². The first kappa shape index (κ1) is 13.8. The monoisotopic (exact) mass is 249 g/mol. The Morgan fingerprint density at radius 1 is 1.28 bits per heavy atom. The molecule has 0 saturated carbocycles. The summed E-state index contributed by atoms with van der Waals surface area (Å²) in [5.74, 6) is 0.